The van der Waals surface area contributed by atoms with Gasteiger partial charge in [-0.05, 0) is 59.5 Å². The average Bonchev–Trinajstić information content (AvgIpc) is 2.99. The zero-order valence-electron chi connectivity index (χ0n) is 23.9. The maximum Gasteiger partial charge on any atom is 0.506 e. The molecule has 228 valence electrons. The predicted molar refractivity (Wildman–Crippen MR) is 163 cm³/mol. The zero-order valence-corrected chi connectivity index (χ0v) is 25.4. The maximum atomic E-state index is 14.5. The second-order valence-corrected chi connectivity index (χ2v) is 11.8. The molecule has 0 bridgehead atoms. The molecular formula is C33H31Cl2N3O6. The number of ether oxygens (including phenoxy) is 2. The van der Waals surface area contributed by atoms with E-state index in [2.05, 4.69) is 6.07 Å². The molecule has 1 N–H and O–H groups in total. The second-order valence-electron chi connectivity index (χ2n) is 10.9. The van der Waals surface area contributed by atoms with Crippen molar-refractivity contribution in [1.29, 1.82) is 5.26 Å². The molecule has 5 rings (SSSR count). The van der Waals surface area contributed by atoms with Crippen LogP contribution in [-0.4, -0.2) is 64.2 Å². The van der Waals surface area contributed by atoms with Crippen LogP contribution in [0.15, 0.2) is 72.8 Å². The molecule has 2 heterocycles. The Kier molecular flexibility index (Phi) is 9.74. The van der Waals surface area contributed by atoms with E-state index in [4.69, 9.17) is 37.8 Å². The highest BCUT2D eigenvalue weighted by Crippen LogP contribution is 2.45. The molecule has 2 aliphatic rings. The lowest BCUT2D eigenvalue weighted by molar-refractivity contribution is -0.185. The van der Waals surface area contributed by atoms with Crippen LogP contribution in [0.4, 0.5) is 4.79 Å². The number of amides is 2. The van der Waals surface area contributed by atoms with Crippen molar-refractivity contribution in [3.8, 4) is 6.07 Å². The summed E-state index contributed by atoms with van der Waals surface area (Å²) in [6.07, 6.45) is -2.38. The number of benzene rings is 3. The molecule has 0 aromatic heterocycles. The molecule has 0 saturated carbocycles. The zero-order chi connectivity index (χ0) is 31.4. The maximum absolute atomic E-state index is 14.5. The van der Waals surface area contributed by atoms with Crippen LogP contribution in [0.5, 0.6) is 0 Å². The van der Waals surface area contributed by atoms with Gasteiger partial charge in [-0.3, -0.25) is 9.59 Å². The molecular weight excluding hydrogens is 605 g/mol. The molecule has 3 aromatic carbocycles. The van der Waals surface area contributed by atoms with E-state index in [0.29, 0.717) is 28.5 Å². The molecule has 2 amide bonds. The minimum absolute atomic E-state index is 0.116. The summed E-state index contributed by atoms with van der Waals surface area (Å²) in [5.74, 6) is -0.622. The summed E-state index contributed by atoms with van der Waals surface area (Å²) in [5.41, 5.74) is 2.82. The van der Waals surface area contributed by atoms with Crippen molar-refractivity contribution in [1.82, 2.24) is 9.80 Å². The van der Waals surface area contributed by atoms with Gasteiger partial charge in [0.25, 0.3) is 5.91 Å². The van der Waals surface area contributed by atoms with Gasteiger partial charge in [0, 0.05) is 16.5 Å². The Labute approximate surface area is 265 Å². The van der Waals surface area contributed by atoms with Crippen LogP contribution in [-0.2, 0) is 25.5 Å². The molecule has 0 aliphatic carbocycles. The standard InChI is InChI=1S/C33H31Cl2N3O6/c1-2-3-27(31(39)37-18-26(19-37)43-33(41)42)38-29(22-8-12-24(34)13-9-22)30(23-10-14-25(35)15-11-23)44-28(32(38)40)16-20-4-6-21(17-36)7-5-20/h4-15,26-30H,2-3,16,18-19H2,1H3,(H,41,42)/t27-,28+,29-,30+/m1/s1. The monoisotopic (exact) mass is 635 g/mol. The summed E-state index contributed by atoms with van der Waals surface area (Å²) in [7, 11) is 0. The molecule has 3 aromatic rings. The normalized spacial score (nSPS) is 20.9. The SMILES string of the molecule is CCC[C@H](C(=O)N1CC(OC(=O)O)C1)N1C(=O)[C@H](Cc2ccc(C#N)cc2)O[C@@H](c2ccc(Cl)cc2)[C@H]1c1ccc(Cl)cc1. The molecule has 44 heavy (non-hydrogen) atoms. The van der Waals surface area contributed by atoms with Crippen molar-refractivity contribution < 1.29 is 29.0 Å². The minimum atomic E-state index is -1.39. The third-order valence-corrected chi connectivity index (χ3v) is 8.46. The van der Waals surface area contributed by atoms with Gasteiger partial charge in [0.1, 0.15) is 24.4 Å². The first-order valence-electron chi connectivity index (χ1n) is 14.3. The lowest BCUT2D eigenvalue weighted by Crippen LogP contribution is -2.63. The van der Waals surface area contributed by atoms with Crippen molar-refractivity contribution in [3.63, 3.8) is 0 Å². The number of hydrogen-bond acceptors (Lipinski definition) is 6. The summed E-state index contributed by atoms with van der Waals surface area (Å²) >= 11 is 12.5. The third-order valence-electron chi connectivity index (χ3n) is 7.95. The van der Waals surface area contributed by atoms with Crippen molar-refractivity contribution in [2.75, 3.05) is 13.1 Å². The highest BCUT2D eigenvalue weighted by molar-refractivity contribution is 6.30. The van der Waals surface area contributed by atoms with E-state index in [-0.39, 0.29) is 31.3 Å². The smallest absolute Gasteiger partial charge is 0.450 e. The van der Waals surface area contributed by atoms with E-state index in [1.165, 1.54) is 4.90 Å². The third kappa shape index (κ3) is 6.83. The first kappa shape index (κ1) is 31.3. The lowest BCUT2D eigenvalue weighted by Gasteiger charge is -2.49. The molecule has 2 aliphatic heterocycles. The number of hydrogen-bond donors (Lipinski definition) is 1. The fourth-order valence-corrected chi connectivity index (χ4v) is 6.03. The molecule has 0 spiro atoms. The van der Waals surface area contributed by atoms with E-state index in [1.807, 2.05) is 31.2 Å². The van der Waals surface area contributed by atoms with Gasteiger partial charge in [0.05, 0.1) is 30.8 Å². The van der Waals surface area contributed by atoms with E-state index in [1.54, 1.807) is 53.4 Å². The number of likely N-dealkylation sites (tertiary alicyclic amines) is 1. The molecule has 2 saturated heterocycles. The number of rotatable bonds is 9. The number of nitriles is 1. The van der Waals surface area contributed by atoms with Crippen LogP contribution in [0.25, 0.3) is 0 Å². The van der Waals surface area contributed by atoms with Gasteiger partial charge < -0.3 is 24.4 Å². The Morgan fingerprint density at radius 1 is 1.00 bits per heavy atom. The molecule has 2 fully saturated rings. The van der Waals surface area contributed by atoms with Gasteiger partial charge in [0.15, 0.2) is 0 Å². The van der Waals surface area contributed by atoms with Gasteiger partial charge in [-0.15, -0.1) is 0 Å². The van der Waals surface area contributed by atoms with Crippen molar-refractivity contribution in [2.24, 2.45) is 0 Å². The van der Waals surface area contributed by atoms with E-state index in [9.17, 15) is 19.6 Å². The molecule has 0 radical (unpaired) electrons. The van der Waals surface area contributed by atoms with E-state index < -0.39 is 36.6 Å². The Balaban J connectivity index is 1.58. The predicted octanol–water partition coefficient (Wildman–Crippen LogP) is 6.19. The Morgan fingerprint density at radius 2 is 1.59 bits per heavy atom. The summed E-state index contributed by atoms with van der Waals surface area (Å²) in [6, 6.07) is 21.9. The number of morpholine rings is 1. The quantitative estimate of drug-likeness (QED) is 0.278. The molecule has 9 nitrogen and oxygen atoms in total. The van der Waals surface area contributed by atoms with Gasteiger partial charge in [-0.25, -0.2) is 4.79 Å². The first-order valence-corrected chi connectivity index (χ1v) is 15.1. The van der Waals surface area contributed by atoms with Gasteiger partial charge >= 0.3 is 6.16 Å². The number of carbonyl (C=O) groups excluding carboxylic acids is 2. The number of nitrogens with zero attached hydrogens (tertiary/aromatic N) is 3. The van der Waals surface area contributed by atoms with Crippen LogP contribution in [0.1, 0.15) is 54.2 Å². The number of carboxylic acid groups (broad SMARTS) is 1. The highest BCUT2D eigenvalue weighted by atomic mass is 35.5. The minimum Gasteiger partial charge on any atom is -0.450 e. The average molecular weight is 637 g/mol. The first-order chi connectivity index (χ1) is 21.2. The molecule has 11 heteroatoms. The Bertz CT molecular complexity index is 1540. The van der Waals surface area contributed by atoms with Gasteiger partial charge in [-0.1, -0.05) is 72.9 Å². The topological polar surface area (TPSA) is 120 Å². The van der Waals surface area contributed by atoms with Crippen LogP contribution in [0.3, 0.4) is 0 Å². The second kappa shape index (κ2) is 13.7. The summed E-state index contributed by atoms with van der Waals surface area (Å²) in [4.78, 5) is 42.8. The number of halogens is 2. The van der Waals surface area contributed by atoms with Crippen LogP contribution < -0.4 is 0 Å². The van der Waals surface area contributed by atoms with Crippen molar-refractivity contribution in [3.05, 3.63) is 105 Å². The van der Waals surface area contributed by atoms with Crippen LogP contribution in [0.2, 0.25) is 10.0 Å². The lowest BCUT2D eigenvalue weighted by atomic mass is 9.88. The van der Waals surface area contributed by atoms with Crippen LogP contribution in [0, 0.1) is 11.3 Å². The van der Waals surface area contributed by atoms with E-state index in [0.717, 1.165) is 16.7 Å². The highest BCUT2D eigenvalue weighted by Gasteiger charge is 2.50. The largest absolute Gasteiger partial charge is 0.506 e. The van der Waals surface area contributed by atoms with Gasteiger partial charge in [-0.2, -0.15) is 5.26 Å². The fourth-order valence-electron chi connectivity index (χ4n) is 5.78. The summed E-state index contributed by atoms with van der Waals surface area (Å²) < 4.78 is 11.5. The van der Waals surface area contributed by atoms with Gasteiger partial charge in [0.2, 0.25) is 5.91 Å². The van der Waals surface area contributed by atoms with Crippen LogP contribution >= 0.6 is 23.2 Å². The summed E-state index contributed by atoms with van der Waals surface area (Å²) in [5, 5.41) is 19.3. The van der Waals surface area contributed by atoms with E-state index >= 15 is 0 Å². The fraction of sp³-hybridized carbons (Fsp3) is 0.333. The Hall–Kier alpha value is -4.10. The van der Waals surface area contributed by atoms with Crippen molar-refractivity contribution >= 4 is 41.2 Å². The Morgan fingerprint density at radius 3 is 2.14 bits per heavy atom. The molecule has 0 unspecified atom stereocenters. The summed E-state index contributed by atoms with van der Waals surface area (Å²) in [6.45, 7) is 2.18. The van der Waals surface area contributed by atoms with Crippen molar-refractivity contribution in [2.45, 2.75) is 56.6 Å². The number of carbonyl (C=O) groups is 3. The molecule has 4 atom stereocenters.